The number of carbonyl (C=O) groups is 3. The van der Waals surface area contributed by atoms with Crippen LogP contribution in [0, 0.1) is 0 Å². The Morgan fingerprint density at radius 3 is 2.47 bits per heavy atom. The quantitative estimate of drug-likeness (QED) is 0.194. The molecule has 1 fully saturated rings. The van der Waals surface area contributed by atoms with Crippen LogP contribution >= 0.6 is 39.3 Å². The van der Waals surface area contributed by atoms with Gasteiger partial charge < -0.3 is 9.47 Å². The van der Waals surface area contributed by atoms with Crippen LogP contribution in [0.15, 0.2) is 76.1 Å². The second-order valence-electron chi connectivity index (χ2n) is 7.18. The summed E-state index contributed by atoms with van der Waals surface area (Å²) in [4.78, 5) is 39.3. The summed E-state index contributed by atoms with van der Waals surface area (Å²) in [5.41, 5.74) is 1.79. The minimum atomic E-state index is -0.578. The number of amides is 2. The molecule has 172 valence electrons. The van der Waals surface area contributed by atoms with E-state index >= 15 is 0 Å². The fourth-order valence-corrected chi connectivity index (χ4v) is 4.72. The van der Waals surface area contributed by atoms with Crippen LogP contribution < -0.4 is 9.47 Å². The molecule has 34 heavy (non-hydrogen) atoms. The molecule has 0 aromatic heterocycles. The normalized spacial score (nSPS) is 14.6. The fourth-order valence-electron chi connectivity index (χ4n) is 3.21. The maximum Gasteiger partial charge on any atom is 0.343 e. The van der Waals surface area contributed by atoms with Crippen molar-refractivity contribution in [3.63, 3.8) is 0 Å². The lowest BCUT2D eigenvalue weighted by Gasteiger charge is -2.13. The maximum absolute atomic E-state index is 12.9. The largest absolute Gasteiger partial charge is 0.493 e. The van der Waals surface area contributed by atoms with E-state index in [1.165, 1.54) is 12.0 Å². The van der Waals surface area contributed by atoms with Crippen LogP contribution in [0.2, 0.25) is 5.02 Å². The number of rotatable bonds is 6. The number of thioether (sulfide) groups is 1. The van der Waals surface area contributed by atoms with E-state index < -0.39 is 5.97 Å². The summed E-state index contributed by atoms with van der Waals surface area (Å²) in [7, 11) is 1.44. The number of nitrogens with zero attached hydrogens (tertiary/aromatic N) is 1. The molecule has 0 radical (unpaired) electrons. The molecule has 4 rings (SSSR count). The number of esters is 1. The Balaban J connectivity index is 1.56. The van der Waals surface area contributed by atoms with Gasteiger partial charge in [0.25, 0.3) is 11.1 Å². The lowest BCUT2D eigenvalue weighted by Crippen LogP contribution is -2.27. The second-order valence-corrected chi connectivity index (χ2v) is 9.47. The zero-order valence-electron chi connectivity index (χ0n) is 17.8. The van der Waals surface area contributed by atoms with Crippen molar-refractivity contribution >= 4 is 62.5 Å². The molecule has 6 nitrogen and oxygen atoms in total. The van der Waals surface area contributed by atoms with Gasteiger partial charge in [0.2, 0.25) is 0 Å². The number of carbonyl (C=O) groups excluding carboxylic acids is 3. The van der Waals surface area contributed by atoms with Crippen LogP contribution in [0.1, 0.15) is 21.5 Å². The molecule has 1 aliphatic rings. The van der Waals surface area contributed by atoms with Gasteiger partial charge in [0.15, 0.2) is 11.5 Å². The van der Waals surface area contributed by atoms with Gasteiger partial charge >= 0.3 is 5.97 Å². The van der Waals surface area contributed by atoms with Gasteiger partial charge in [0.05, 0.1) is 28.6 Å². The van der Waals surface area contributed by atoms with E-state index in [0.29, 0.717) is 25.5 Å². The van der Waals surface area contributed by atoms with E-state index in [2.05, 4.69) is 15.9 Å². The van der Waals surface area contributed by atoms with Gasteiger partial charge in [-0.2, -0.15) is 0 Å². The van der Waals surface area contributed by atoms with Gasteiger partial charge in [-0.3, -0.25) is 14.5 Å². The third-order valence-electron chi connectivity index (χ3n) is 4.88. The number of imide groups is 1. The first-order valence-electron chi connectivity index (χ1n) is 10.0. The number of benzene rings is 3. The van der Waals surface area contributed by atoms with Crippen LogP contribution in [0.3, 0.4) is 0 Å². The molecule has 0 bridgehead atoms. The van der Waals surface area contributed by atoms with Gasteiger partial charge in [-0.1, -0.05) is 41.9 Å². The van der Waals surface area contributed by atoms with E-state index in [-0.39, 0.29) is 29.2 Å². The highest BCUT2D eigenvalue weighted by molar-refractivity contribution is 9.10. The van der Waals surface area contributed by atoms with Crippen molar-refractivity contribution < 1.29 is 23.9 Å². The molecule has 0 unspecified atom stereocenters. The summed E-state index contributed by atoms with van der Waals surface area (Å²) in [6.07, 6.45) is 1.61. The van der Waals surface area contributed by atoms with Crippen LogP contribution in [0.25, 0.3) is 6.08 Å². The first-order chi connectivity index (χ1) is 16.4. The average Bonchev–Trinajstić information content (AvgIpc) is 3.08. The number of ether oxygens (including phenoxy) is 2. The first kappa shape index (κ1) is 24.1. The number of methoxy groups -OCH3 is 1. The minimum absolute atomic E-state index is 0.191. The third kappa shape index (κ3) is 5.35. The molecule has 0 aliphatic carbocycles. The lowest BCUT2D eigenvalue weighted by molar-refractivity contribution is -0.123. The summed E-state index contributed by atoms with van der Waals surface area (Å²) in [5.74, 6) is -0.471. The van der Waals surface area contributed by atoms with Crippen LogP contribution in [-0.4, -0.2) is 29.1 Å². The van der Waals surface area contributed by atoms with Crippen molar-refractivity contribution in [3.05, 3.63) is 97.8 Å². The van der Waals surface area contributed by atoms with Crippen molar-refractivity contribution in [2.45, 2.75) is 6.54 Å². The SMILES string of the molecule is COc1cc(/C=C2\SC(=O)N(Cc3ccccc3)C2=O)cc(Br)c1OC(=O)c1ccc(Cl)cc1. The van der Waals surface area contributed by atoms with Crippen molar-refractivity contribution in [3.8, 4) is 11.5 Å². The van der Waals surface area contributed by atoms with Gasteiger partial charge in [0, 0.05) is 5.02 Å². The summed E-state index contributed by atoms with van der Waals surface area (Å²) in [5, 5.41) is 0.174. The summed E-state index contributed by atoms with van der Waals surface area (Å²) in [6, 6.07) is 18.9. The van der Waals surface area contributed by atoms with Crippen LogP contribution in [-0.2, 0) is 11.3 Å². The minimum Gasteiger partial charge on any atom is -0.493 e. The van der Waals surface area contributed by atoms with Gasteiger partial charge in [-0.15, -0.1) is 0 Å². The predicted molar refractivity (Wildman–Crippen MR) is 135 cm³/mol. The number of halogens is 2. The number of hydrogen-bond acceptors (Lipinski definition) is 6. The van der Waals surface area contributed by atoms with E-state index in [9.17, 15) is 14.4 Å². The predicted octanol–water partition coefficient (Wildman–Crippen LogP) is 6.57. The standard InChI is InChI=1S/C25H17BrClNO5S/c1-32-20-12-16(11-19(26)22(20)33-24(30)17-7-9-18(27)10-8-17)13-21-23(29)28(25(31)34-21)14-15-5-3-2-4-6-15/h2-13H,14H2,1H3/b21-13-. The molecule has 0 atom stereocenters. The van der Waals surface area contributed by atoms with Crippen molar-refractivity contribution in [1.29, 1.82) is 0 Å². The fraction of sp³-hybridized carbons (Fsp3) is 0.0800. The Hall–Kier alpha value is -3.07. The smallest absolute Gasteiger partial charge is 0.343 e. The Morgan fingerprint density at radius 2 is 1.79 bits per heavy atom. The molecule has 1 heterocycles. The molecule has 9 heteroatoms. The zero-order chi connectivity index (χ0) is 24.2. The van der Waals surface area contributed by atoms with Crippen molar-refractivity contribution in [1.82, 2.24) is 4.90 Å². The van der Waals surface area contributed by atoms with E-state index in [0.717, 1.165) is 17.3 Å². The monoisotopic (exact) mass is 557 g/mol. The first-order valence-corrected chi connectivity index (χ1v) is 12.0. The van der Waals surface area contributed by atoms with Gasteiger partial charge in [0.1, 0.15) is 0 Å². The molecular weight excluding hydrogens is 542 g/mol. The molecule has 1 aliphatic heterocycles. The van der Waals surface area contributed by atoms with Gasteiger partial charge in [-0.25, -0.2) is 4.79 Å². The Bertz CT molecular complexity index is 1290. The average molecular weight is 559 g/mol. The van der Waals surface area contributed by atoms with Crippen molar-refractivity contribution in [2.75, 3.05) is 7.11 Å². The highest BCUT2D eigenvalue weighted by atomic mass is 79.9. The number of hydrogen-bond donors (Lipinski definition) is 0. The third-order valence-corrected chi connectivity index (χ3v) is 6.63. The Morgan fingerprint density at radius 1 is 1.09 bits per heavy atom. The summed E-state index contributed by atoms with van der Waals surface area (Å²) in [6.45, 7) is 0.204. The van der Waals surface area contributed by atoms with Crippen molar-refractivity contribution in [2.24, 2.45) is 0 Å². The molecule has 3 aromatic rings. The Labute approximate surface area is 213 Å². The summed E-state index contributed by atoms with van der Waals surface area (Å²) >= 11 is 10.2. The molecule has 0 N–H and O–H groups in total. The molecule has 1 saturated heterocycles. The van der Waals surface area contributed by atoms with Crippen LogP contribution in [0.5, 0.6) is 11.5 Å². The Kier molecular flexibility index (Phi) is 7.41. The molecule has 0 spiro atoms. The molecule has 3 aromatic carbocycles. The topological polar surface area (TPSA) is 72.9 Å². The van der Waals surface area contributed by atoms with Crippen LogP contribution in [0.4, 0.5) is 4.79 Å². The highest BCUT2D eigenvalue weighted by Gasteiger charge is 2.35. The zero-order valence-corrected chi connectivity index (χ0v) is 20.9. The summed E-state index contributed by atoms with van der Waals surface area (Å²) < 4.78 is 11.4. The van der Waals surface area contributed by atoms with E-state index in [1.54, 1.807) is 42.5 Å². The molecule has 0 saturated carbocycles. The van der Waals surface area contributed by atoms with E-state index in [1.807, 2.05) is 30.3 Å². The highest BCUT2D eigenvalue weighted by Crippen LogP contribution is 2.39. The maximum atomic E-state index is 12.9. The van der Waals surface area contributed by atoms with E-state index in [4.69, 9.17) is 21.1 Å². The lowest BCUT2D eigenvalue weighted by atomic mass is 10.1. The molecule has 2 amide bonds. The second kappa shape index (κ2) is 10.5. The van der Waals surface area contributed by atoms with Gasteiger partial charge in [-0.05, 0) is 81.3 Å². The molecular formula is C25H17BrClNO5S.